The molecule has 0 saturated heterocycles. The summed E-state index contributed by atoms with van der Waals surface area (Å²) in [6.07, 6.45) is 2.46. The molecule has 0 radical (unpaired) electrons. The Morgan fingerprint density at radius 3 is 3.00 bits per heavy atom. The molecule has 1 aromatic rings. The van der Waals surface area contributed by atoms with E-state index in [4.69, 9.17) is 11.6 Å². The van der Waals surface area contributed by atoms with Gasteiger partial charge in [-0.05, 0) is 22.4 Å². The summed E-state index contributed by atoms with van der Waals surface area (Å²) >= 11 is 8.87. The van der Waals surface area contributed by atoms with Gasteiger partial charge in [-0.15, -0.1) is 0 Å². The standard InChI is InChI=1S/C10H13BrClN3O/c1-3-4-15-10(16)9(11)8(6-14-15)13-5-7(2)12/h6,13H,2-5H2,1H3. The van der Waals surface area contributed by atoms with Gasteiger partial charge in [0.2, 0.25) is 0 Å². The van der Waals surface area contributed by atoms with E-state index < -0.39 is 0 Å². The summed E-state index contributed by atoms with van der Waals surface area (Å²) < 4.78 is 1.89. The Kier molecular flexibility index (Phi) is 5.02. The van der Waals surface area contributed by atoms with Crippen LogP contribution in [0.3, 0.4) is 0 Å². The molecule has 6 heteroatoms. The van der Waals surface area contributed by atoms with Crippen molar-refractivity contribution >= 4 is 33.2 Å². The monoisotopic (exact) mass is 305 g/mol. The Morgan fingerprint density at radius 1 is 1.75 bits per heavy atom. The summed E-state index contributed by atoms with van der Waals surface area (Å²) in [7, 11) is 0. The van der Waals surface area contributed by atoms with Crippen LogP contribution in [0, 0.1) is 0 Å². The zero-order chi connectivity index (χ0) is 12.1. The smallest absolute Gasteiger partial charge is 0.283 e. The summed E-state index contributed by atoms with van der Waals surface area (Å²) in [6, 6.07) is 0. The number of hydrogen-bond donors (Lipinski definition) is 1. The van der Waals surface area contributed by atoms with Gasteiger partial charge in [0.25, 0.3) is 5.56 Å². The van der Waals surface area contributed by atoms with Crippen LogP contribution in [0.25, 0.3) is 0 Å². The maximum atomic E-state index is 11.8. The Hall–Kier alpha value is -0.810. The zero-order valence-corrected chi connectivity index (χ0v) is 11.3. The van der Waals surface area contributed by atoms with Crippen LogP contribution in [0.2, 0.25) is 0 Å². The van der Waals surface area contributed by atoms with Crippen molar-refractivity contribution in [1.82, 2.24) is 9.78 Å². The molecule has 0 spiro atoms. The van der Waals surface area contributed by atoms with Crippen molar-refractivity contribution < 1.29 is 0 Å². The maximum absolute atomic E-state index is 11.8. The summed E-state index contributed by atoms with van der Waals surface area (Å²) in [5.41, 5.74) is 0.478. The van der Waals surface area contributed by atoms with E-state index in [1.807, 2.05) is 6.92 Å². The fourth-order valence-electron chi connectivity index (χ4n) is 1.15. The molecule has 0 unspecified atom stereocenters. The molecule has 0 bridgehead atoms. The lowest BCUT2D eigenvalue weighted by Gasteiger charge is -2.09. The van der Waals surface area contributed by atoms with E-state index >= 15 is 0 Å². The normalized spacial score (nSPS) is 10.2. The topological polar surface area (TPSA) is 46.9 Å². The molecule has 4 nitrogen and oxygen atoms in total. The molecule has 0 aliphatic carbocycles. The fraction of sp³-hybridized carbons (Fsp3) is 0.400. The van der Waals surface area contributed by atoms with Gasteiger partial charge < -0.3 is 5.32 Å². The predicted octanol–water partition coefficient (Wildman–Crippen LogP) is 2.58. The maximum Gasteiger partial charge on any atom is 0.283 e. The first-order valence-electron chi connectivity index (χ1n) is 4.89. The van der Waals surface area contributed by atoms with Crippen LogP contribution in [0.15, 0.2) is 27.1 Å². The Bertz CT molecular complexity index is 444. The SMILES string of the molecule is C=C(Cl)CNc1cnn(CCC)c(=O)c1Br. The van der Waals surface area contributed by atoms with Gasteiger partial charge in [0.15, 0.2) is 0 Å². The van der Waals surface area contributed by atoms with E-state index in [0.717, 1.165) is 6.42 Å². The van der Waals surface area contributed by atoms with Crippen LogP contribution >= 0.6 is 27.5 Å². The minimum absolute atomic E-state index is 0.146. The van der Waals surface area contributed by atoms with Crippen molar-refractivity contribution in [1.29, 1.82) is 0 Å². The number of hydrogen-bond acceptors (Lipinski definition) is 3. The van der Waals surface area contributed by atoms with Crippen molar-refractivity contribution in [2.75, 3.05) is 11.9 Å². The van der Waals surface area contributed by atoms with E-state index in [1.54, 1.807) is 6.20 Å². The van der Waals surface area contributed by atoms with Gasteiger partial charge in [-0.2, -0.15) is 5.10 Å². The van der Waals surface area contributed by atoms with Gasteiger partial charge >= 0.3 is 0 Å². The number of nitrogens with zero attached hydrogens (tertiary/aromatic N) is 2. The highest BCUT2D eigenvalue weighted by atomic mass is 79.9. The van der Waals surface area contributed by atoms with E-state index in [1.165, 1.54) is 4.68 Å². The van der Waals surface area contributed by atoms with Crippen LogP contribution in [0.1, 0.15) is 13.3 Å². The second-order valence-electron chi connectivity index (χ2n) is 3.27. The first-order valence-corrected chi connectivity index (χ1v) is 6.06. The van der Waals surface area contributed by atoms with E-state index in [-0.39, 0.29) is 5.56 Å². The number of nitrogens with one attached hydrogen (secondary N) is 1. The molecule has 0 atom stereocenters. The summed E-state index contributed by atoms with van der Waals surface area (Å²) in [5, 5.41) is 7.49. The zero-order valence-electron chi connectivity index (χ0n) is 8.96. The number of aromatic nitrogens is 2. The average molecular weight is 307 g/mol. The lowest BCUT2D eigenvalue weighted by molar-refractivity contribution is 0.566. The van der Waals surface area contributed by atoms with Crippen LogP contribution in [0.4, 0.5) is 5.69 Å². The molecule has 0 aliphatic rings. The molecule has 0 amide bonds. The molecule has 1 N–H and O–H groups in total. The second-order valence-corrected chi connectivity index (χ2v) is 4.60. The highest BCUT2D eigenvalue weighted by Gasteiger charge is 2.07. The van der Waals surface area contributed by atoms with E-state index in [9.17, 15) is 4.79 Å². The summed E-state index contributed by atoms with van der Waals surface area (Å²) in [6.45, 7) is 6.56. The third-order valence-electron chi connectivity index (χ3n) is 1.89. The first kappa shape index (κ1) is 13.3. The lowest BCUT2D eigenvalue weighted by atomic mass is 10.4. The molecular weight excluding hydrogens is 293 g/mol. The number of rotatable bonds is 5. The van der Waals surface area contributed by atoms with E-state index in [0.29, 0.717) is 28.3 Å². The third-order valence-corrected chi connectivity index (χ3v) is 2.79. The van der Waals surface area contributed by atoms with E-state index in [2.05, 4.69) is 32.9 Å². The van der Waals surface area contributed by atoms with Crippen LogP contribution < -0.4 is 10.9 Å². The number of aryl methyl sites for hydroxylation is 1. The minimum atomic E-state index is -0.146. The van der Waals surface area contributed by atoms with Gasteiger partial charge in [-0.1, -0.05) is 25.1 Å². The van der Waals surface area contributed by atoms with Gasteiger partial charge in [-0.25, -0.2) is 4.68 Å². The highest BCUT2D eigenvalue weighted by Crippen LogP contribution is 2.16. The van der Waals surface area contributed by atoms with Gasteiger partial charge in [0.05, 0.1) is 18.4 Å². The molecule has 0 fully saturated rings. The van der Waals surface area contributed by atoms with Gasteiger partial charge in [0, 0.05) is 11.6 Å². The number of anilines is 1. The van der Waals surface area contributed by atoms with Crippen molar-refractivity contribution in [3.8, 4) is 0 Å². The average Bonchev–Trinajstić information content (AvgIpc) is 2.24. The predicted molar refractivity (Wildman–Crippen MR) is 70.0 cm³/mol. The molecule has 16 heavy (non-hydrogen) atoms. The molecule has 1 aromatic heterocycles. The Morgan fingerprint density at radius 2 is 2.44 bits per heavy atom. The number of halogens is 2. The van der Waals surface area contributed by atoms with Crippen molar-refractivity contribution in [2.24, 2.45) is 0 Å². The fourth-order valence-corrected chi connectivity index (χ4v) is 1.66. The van der Waals surface area contributed by atoms with Crippen molar-refractivity contribution in [3.63, 3.8) is 0 Å². The van der Waals surface area contributed by atoms with Crippen molar-refractivity contribution in [3.05, 3.63) is 32.6 Å². The van der Waals surface area contributed by atoms with Crippen molar-refractivity contribution in [2.45, 2.75) is 19.9 Å². The molecule has 1 heterocycles. The quantitative estimate of drug-likeness (QED) is 0.909. The molecule has 88 valence electrons. The van der Waals surface area contributed by atoms with Gasteiger partial charge in [-0.3, -0.25) is 4.79 Å². The van der Waals surface area contributed by atoms with Crippen LogP contribution in [-0.4, -0.2) is 16.3 Å². The first-order chi connectivity index (χ1) is 7.56. The Balaban J connectivity index is 2.93. The Labute approximate surface area is 107 Å². The summed E-state index contributed by atoms with van der Waals surface area (Å²) in [5.74, 6) is 0. The van der Waals surface area contributed by atoms with Crippen LogP contribution in [-0.2, 0) is 6.54 Å². The second kappa shape index (κ2) is 6.06. The molecule has 1 rings (SSSR count). The summed E-state index contributed by atoms with van der Waals surface area (Å²) in [4.78, 5) is 11.8. The van der Waals surface area contributed by atoms with Gasteiger partial charge in [0.1, 0.15) is 4.47 Å². The lowest BCUT2D eigenvalue weighted by Crippen LogP contribution is -2.24. The molecular formula is C10H13BrClN3O. The minimum Gasteiger partial charge on any atom is -0.378 e. The molecule has 0 aromatic carbocycles. The molecule has 0 aliphatic heterocycles. The third kappa shape index (κ3) is 3.35. The highest BCUT2D eigenvalue weighted by molar-refractivity contribution is 9.10. The van der Waals surface area contributed by atoms with Crippen LogP contribution in [0.5, 0.6) is 0 Å². The largest absolute Gasteiger partial charge is 0.378 e. The molecule has 0 saturated carbocycles.